The molecule has 15 heavy (non-hydrogen) atoms. The first-order valence-corrected chi connectivity index (χ1v) is 6.19. The average molecular weight is 230 g/mol. The van der Waals surface area contributed by atoms with Crippen molar-refractivity contribution in [2.75, 3.05) is 13.7 Å². The van der Waals surface area contributed by atoms with Crippen molar-refractivity contribution in [1.29, 1.82) is 0 Å². The van der Waals surface area contributed by atoms with Crippen molar-refractivity contribution in [1.82, 2.24) is 10.6 Å². The van der Waals surface area contributed by atoms with Gasteiger partial charge in [0.1, 0.15) is 0 Å². The summed E-state index contributed by atoms with van der Waals surface area (Å²) in [6, 6.07) is 0.978. The molecule has 0 aliphatic heterocycles. The van der Waals surface area contributed by atoms with Gasteiger partial charge >= 0.3 is 0 Å². The molecule has 0 spiro atoms. The maximum atomic E-state index is 5.25. The minimum atomic E-state index is 0.381. The molecule has 4 heteroatoms. The summed E-state index contributed by atoms with van der Waals surface area (Å²) in [7, 11) is 1.72. The second kappa shape index (κ2) is 7.01. The number of hydrogen-bond donors (Lipinski definition) is 2. The van der Waals surface area contributed by atoms with Crippen molar-refractivity contribution in [3.63, 3.8) is 0 Å². The number of methoxy groups -OCH3 is 1. The molecule has 1 aliphatic carbocycles. The fraction of sp³-hybridized carbons (Fsp3) is 0.909. The molecule has 0 saturated heterocycles. The van der Waals surface area contributed by atoms with Crippen LogP contribution in [0.4, 0.5) is 0 Å². The van der Waals surface area contributed by atoms with E-state index in [-0.39, 0.29) is 0 Å². The first-order chi connectivity index (χ1) is 7.22. The molecule has 3 nitrogen and oxygen atoms in total. The second-order valence-corrected chi connectivity index (χ2v) is 4.69. The third kappa shape index (κ3) is 5.33. The lowest BCUT2D eigenvalue weighted by Crippen LogP contribution is -2.44. The highest BCUT2D eigenvalue weighted by Crippen LogP contribution is 2.17. The van der Waals surface area contributed by atoms with E-state index in [0.29, 0.717) is 12.1 Å². The monoisotopic (exact) mass is 230 g/mol. The minimum absolute atomic E-state index is 0.381. The van der Waals surface area contributed by atoms with Gasteiger partial charge in [-0.2, -0.15) is 0 Å². The molecule has 88 valence electrons. The van der Waals surface area contributed by atoms with Crippen LogP contribution in [0.15, 0.2) is 0 Å². The molecule has 0 aromatic carbocycles. The molecule has 0 aromatic heterocycles. The zero-order valence-corrected chi connectivity index (χ0v) is 10.5. The quantitative estimate of drug-likeness (QED) is 0.706. The van der Waals surface area contributed by atoms with Crippen molar-refractivity contribution in [3.05, 3.63) is 0 Å². The summed E-state index contributed by atoms with van der Waals surface area (Å²) in [5.74, 6) is 0. The van der Waals surface area contributed by atoms with Crippen LogP contribution in [0, 0.1) is 0 Å². The molecule has 0 amide bonds. The minimum Gasteiger partial charge on any atom is -0.385 e. The van der Waals surface area contributed by atoms with E-state index in [4.69, 9.17) is 17.0 Å². The molecule has 1 atom stereocenters. The highest BCUT2D eigenvalue weighted by Gasteiger charge is 2.15. The van der Waals surface area contributed by atoms with E-state index in [2.05, 4.69) is 17.6 Å². The summed E-state index contributed by atoms with van der Waals surface area (Å²) < 4.78 is 5.02. The van der Waals surface area contributed by atoms with Crippen LogP contribution < -0.4 is 10.6 Å². The predicted octanol–water partition coefficient (Wildman–Crippen LogP) is 1.82. The van der Waals surface area contributed by atoms with E-state index in [1.807, 2.05) is 0 Å². The lowest BCUT2D eigenvalue weighted by Gasteiger charge is -2.19. The van der Waals surface area contributed by atoms with E-state index < -0.39 is 0 Å². The smallest absolute Gasteiger partial charge is 0.166 e. The molecule has 2 N–H and O–H groups in total. The van der Waals surface area contributed by atoms with Crippen LogP contribution >= 0.6 is 12.2 Å². The number of thiocarbonyl (C=S) groups is 1. The lowest BCUT2D eigenvalue weighted by molar-refractivity contribution is 0.187. The van der Waals surface area contributed by atoms with Crippen LogP contribution in [0.1, 0.15) is 39.0 Å². The van der Waals surface area contributed by atoms with Crippen LogP contribution in [0.25, 0.3) is 0 Å². The maximum Gasteiger partial charge on any atom is 0.166 e. The Kier molecular flexibility index (Phi) is 5.95. The topological polar surface area (TPSA) is 33.3 Å². The van der Waals surface area contributed by atoms with Crippen molar-refractivity contribution < 1.29 is 4.74 Å². The number of rotatable bonds is 5. The van der Waals surface area contributed by atoms with E-state index in [9.17, 15) is 0 Å². The third-order valence-corrected chi connectivity index (χ3v) is 3.06. The van der Waals surface area contributed by atoms with Crippen molar-refractivity contribution in [3.8, 4) is 0 Å². The third-order valence-electron chi connectivity index (χ3n) is 2.82. The van der Waals surface area contributed by atoms with Gasteiger partial charge in [0.05, 0.1) is 0 Å². The van der Waals surface area contributed by atoms with Gasteiger partial charge in [-0.1, -0.05) is 12.8 Å². The zero-order chi connectivity index (χ0) is 11.1. The lowest BCUT2D eigenvalue weighted by atomic mass is 10.2. The molecule has 1 unspecified atom stereocenters. The van der Waals surface area contributed by atoms with Crippen LogP contribution in [-0.2, 0) is 4.74 Å². The fourth-order valence-electron chi connectivity index (χ4n) is 1.89. The molecule has 1 saturated carbocycles. The molecule has 0 radical (unpaired) electrons. The van der Waals surface area contributed by atoms with Crippen molar-refractivity contribution in [2.24, 2.45) is 0 Å². The van der Waals surface area contributed by atoms with Gasteiger partial charge in [0.2, 0.25) is 0 Å². The van der Waals surface area contributed by atoms with E-state index >= 15 is 0 Å². The fourth-order valence-corrected chi connectivity index (χ4v) is 2.26. The number of hydrogen-bond acceptors (Lipinski definition) is 2. The van der Waals surface area contributed by atoms with Gasteiger partial charge in [0, 0.05) is 25.8 Å². The average Bonchev–Trinajstić information content (AvgIpc) is 2.67. The van der Waals surface area contributed by atoms with E-state index in [1.165, 1.54) is 25.7 Å². The van der Waals surface area contributed by atoms with Gasteiger partial charge in [0.25, 0.3) is 0 Å². The summed E-state index contributed by atoms with van der Waals surface area (Å²) >= 11 is 5.25. The summed E-state index contributed by atoms with van der Waals surface area (Å²) in [5, 5.41) is 7.44. The van der Waals surface area contributed by atoms with Gasteiger partial charge in [-0.25, -0.2) is 0 Å². The van der Waals surface area contributed by atoms with Crippen molar-refractivity contribution >= 4 is 17.3 Å². The Labute approximate surface area is 98.0 Å². The molecule has 0 aromatic rings. The first kappa shape index (κ1) is 12.7. The summed E-state index contributed by atoms with van der Waals surface area (Å²) in [5.41, 5.74) is 0. The summed E-state index contributed by atoms with van der Waals surface area (Å²) in [4.78, 5) is 0. The molecule has 1 aliphatic rings. The first-order valence-electron chi connectivity index (χ1n) is 5.78. The second-order valence-electron chi connectivity index (χ2n) is 4.28. The van der Waals surface area contributed by atoms with Crippen LogP contribution in [0.2, 0.25) is 0 Å². The summed E-state index contributed by atoms with van der Waals surface area (Å²) in [6.45, 7) is 2.90. The number of nitrogens with one attached hydrogen (secondary N) is 2. The van der Waals surface area contributed by atoms with Crippen molar-refractivity contribution in [2.45, 2.75) is 51.1 Å². The Balaban J connectivity index is 2.11. The molecule has 0 heterocycles. The number of ether oxygens (including phenoxy) is 1. The van der Waals surface area contributed by atoms with E-state index in [1.54, 1.807) is 7.11 Å². The van der Waals surface area contributed by atoms with Crippen LogP contribution in [0.3, 0.4) is 0 Å². The normalized spacial score (nSPS) is 18.8. The standard InChI is InChI=1S/C11H22N2OS/c1-9(7-8-14-2)12-11(15)13-10-5-3-4-6-10/h9-10H,3-8H2,1-2H3,(H2,12,13,15). The summed E-state index contributed by atoms with van der Waals surface area (Å²) in [6.07, 6.45) is 6.17. The largest absolute Gasteiger partial charge is 0.385 e. The van der Waals surface area contributed by atoms with Gasteiger partial charge in [0.15, 0.2) is 5.11 Å². The Morgan fingerprint density at radius 1 is 1.47 bits per heavy atom. The van der Waals surface area contributed by atoms with Crippen LogP contribution in [0.5, 0.6) is 0 Å². The van der Waals surface area contributed by atoms with Gasteiger partial charge in [-0.3, -0.25) is 0 Å². The predicted molar refractivity (Wildman–Crippen MR) is 67.1 cm³/mol. The highest BCUT2D eigenvalue weighted by molar-refractivity contribution is 7.80. The van der Waals surface area contributed by atoms with Gasteiger partial charge in [-0.05, 0) is 38.4 Å². The SMILES string of the molecule is COCCC(C)NC(=S)NC1CCCC1. The molecule has 1 fully saturated rings. The molecular weight excluding hydrogens is 208 g/mol. The molecule has 0 bridgehead atoms. The zero-order valence-electron chi connectivity index (χ0n) is 9.71. The Morgan fingerprint density at radius 2 is 2.13 bits per heavy atom. The van der Waals surface area contributed by atoms with Gasteiger partial charge in [-0.15, -0.1) is 0 Å². The Hall–Kier alpha value is -0.350. The molecular formula is C11H22N2OS. The molecule has 1 rings (SSSR count). The highest BCUT2D eigenvalue weighted by atomic mass is 32.1. The maximum absolute atomic E-state index is 5.25. The Bertz CT molecular complexity index is 193. The van der Waals surface area contributed by atoms with Crippen LogP contribution in [-0.4, -0.2) is 30.9 Å². The van der Waals surface area contributed by atoms with E-state index in [0.717, 1.165) is 18.1 Å². The van der Waals surface area contributed by atoms with Gasteiger partial charge < -0.3 is 15.4 Å². The Morgan fingerprint density at radius 3 is 2.73 bits per heavy atom.